The van der Waals surface area contributed by atoms with Gasteiger partial charge in [0.2, 0.25) is 0 Å². The number of ether oxygens (including phenoxy) is 2. The summed E-state index contributed by atoms with van der Waals surface area (Å²) >= 11 is 0. The Labute approximate surface area is 219 Å². The van der Waals surface area contributed by atoms with E-state index in [4.69, 9.17) is 24.3 Å². The Balaban J connectivity index is 1.30. The van der Waals surface area contributed by atoms with Crippen LogP contribution in [-0.2, 0) is 23.4 Å². The predicted octanol–water partition coefficient (Wildman–Crippen LogP) is 3.56. The van der Waals surface area contributed by atoms with E-state index in [9.17, 15) is 14.6 Å². The molecular formula is C25H29N6O6P. The van der Waals surface area contributed by atoms with Crippen LogP contribution in [0.2, 0.25) is 0 Å². The third-order valence-electron chi connectivity index (χ3n) is 6.52. The maximum absolute atomic E-state index is 13.8. The van der Waals surface area contributed by atoms with Gasteiger partial charge in [-0.25, -0.2) is 14.1 Å². The zero-order valence-corrected chi connectivity index (χ0v) is 21.8. The molecule has 3 heterocycles. The summed E-state index contributed by atoms with van der Waals surface area (Å²) in [4.78, 5) is 16.5. The number of fused-ring (bicyclic) bond motifs is 1. The first-order valence-electron chi connectivity index (χ1n) is 12.4. The number of anilines is 1. The molecule has 3 N–H and O–H groups in total. The number of carbonyl (C=O) groups excluding carboxylic acids is 1. The van der Waals surface area contributed by atoms with Crippen LogP contribution in [0.3, 0.4) is 0 Å². The van der Waals surface area contributed by atoms with Gasteiger partial charge in [-0.3, -0.25) is 9.32 Å². The quantitative estimate of drug-likeness (QED) is 0.270. The number of nitrogen functional groups attached to an aromatic ring is 1. The molecule has 1 saturated heterocycles. The summed E-state index contributed by atoms with van der Waals surface area (Å²) in [6, 6.07) is 13.2. The highest BCUT2D eigenvalue weighted by Gasteiger charge is 2.45. The third kappa shape index (κ3) is 5.81. The van der Waals surface area contributed by atoms with Gasteiger partial charge in [-0.15, -0.1) is 0 Å². The van der Waals surface area contributed by atoms with Crippen molar-refractivity contribution in [1.82, 2.24) is 19.7 Å². The van der Waals surface area contributed by atoms with Gasteiger partial charge in [0.05, 0.1) is 12.3 Å². The zero-order chi connectivity index (χ0) is 26.8. The second-order valence-corrected chi connectivity index (χ2v) is 11.2. The van der Waals surface area contributed by atoms with E-state index in [2.05, 4.69) is 21.2 Å². The van der Waals surface area contributed by atoms with E-state index in [1.807, 2.05) is 6.07 Å². The van der Waals surface area contributed by atoms with Crippen molar-refractivity contribution in [2.45, 2.75) is 50.4 Å². The molecule has 38 heavy (non-hydrogen) atoms. The molecule has 0 radical (unpaired) electrons. The molecule has 1 aliphatic heterocycles. The number of nitriles is 1. The second kappa shape index (κ2) is 10.7. The Hall–Kier alpha value is -3.49. The highest BCUT2D eigenvalue weighted by atomic mass is 31.2. The highest BCUT2D eigenvalue weighted by Crippen LogP contribution is 2.48. The zero-order valence-electron chi connectivity index (χ0n) is 20.9. The van der Waals surface area contributed by atoms with Gasteiger partial charge in [-0.2, -0.15) is 15.4 Å². The monoisotopic (exact) mass is 540 g/mol. The van der Waals surface area contributed by atoms with Crippen LogP contribution in [0.1, 0.15) is 44.4 Å². The lowest BCUT2D eigenvalue weighted by atomic mass is 10.0. The minimum atomic E-state index is -4.14. The molecule has 1 unspecified atom stereocenters. The fourth-order valence-electron chi connectivity index (χ4n) is 4.20. The number of hydrogen-bond acceptors (Lipinski definition) is 10. The Kier molecular flexibility index (Phi) is 7.36. The van der Waals surface area contributed by atoms with E-state index in [0.29, 0.717) is 42.4 Å². The van der Waals surface area contributed by atoms with Gasteiger partial charge in [-0.1, -0.05) is 18.2 Å². The Morgan fingerprint density at radius 1 is 1.32 bits per heavy atom. The highest BCUT2D eigenvalue weighted by molar-refractivity contribution is 7.52. The summed E-state index contributed by atoms with van der Waals surface area (Å²) in [7, 11) is -4.14. The van der Waals surface area contributed by atoms with Gasteiger partial charge >= 0.3 is 13.7 Å². The summed E-state index contributed by atoms with van der Waals surface area (Å²) in [5, 5.41) is 16.9. The van der Waals surface area contributed by atoms with Crippen LogP contribution < -0.4 is 15.3 Å². The lowest BCUT2D eigenvalue weighted by Gasteiger charge is -2.27. The van der Waals surface area contributed by atoms with E-state index in [0.717, 1.165) is 12.8 Å². The minimum absolute atomic E-state index is 0.273. The lowest BCUT2D eigenvalue weighted by molar-refractivity contribution is -0.145. The van der Waals surface area contributed by atoms with E-state index in [1.165, 1.54) is 13.3 Å². The van der Waals surface area contributed by atoms with Gasteiger partial charge < -0.3 is 19.7 Å². The molecular weight excluding hydrogens is 511 g/mol. The number of hydrogen-bond donors (Lipinski definition) is 2. The molecule has 0 bridgehead atoms. The average Bonchev–Trinajstić information content (AvgIpc) is 3.48. The molecule has 1 aromatic carbocycles. The van der Waals surface area contributed by atoms with Crippen molar-refractivity contribution in [2.24, 2.45) is 5.92 Å². The first-order chi connectivity index (χ1) is 18.3. The molecule has 12 nitrogen and oxygen atoms in total. The molecule has 5 rings (SSSR count). The van der Waals surface area contributed by atoms with Crippen molar-refractivity contribution >= 4 is 25.1 Å². The second-order valence-electron chi connectivity index (χ2n) is 9.55. The predicted molar refractivity (Wildman–Crippen MR) is 136 cm³/mol. The van der Waals surface area contributed by atoms with E-state index in [1.54, 1.807) is 40.9 Å². The Bertz CT molecular complexity index is 1390. The van der Waals surface area contributed by atoms with Crippen LogP contribution in [0.5, 0.6) is 5.75 Å². The standard InChI is InChI=1S/C25H29N6O6P/c1-17(24(32)34-13-18-7-8-18)30-38(33,37-19-5-3-2-4-6-19)35-15-25(14-26)12-11-22(36-25)20-9-10-21-23(27)28-16-29-31(20)21/h2-6,9-10,16-18,22H,7-8,11-13,15H2,1H3,(H,30,33)(H2,27,28,29)/t17-,22+,25+,38?/m0/s1. The smallest absolute Gasteiger partial charge is 0.459 e. The molecule has 3 aromatic rings. The first-order valence-corrected chi connectivity index (χ1v) is 13.9. The number of nitrogens with two attached hydrogens (primary N) is 1. The normalized spacial score (nSPS) is 23.4. The first kappa shape index (κ1) is 26.1. The summed E-state index contributed by atoms with van der Waals surface area (Å²) in [5.74, 6) is 0.424. The van der Waals surface area contributed by atoms with Crippen molar-refractivity contribution in [3.05, 3.63) is 54.5 Å². The molecule has 0 spiro atoms. The van der Waals surface area contributed by atoms with Crippen molar-refractivity contribution in [3.63, 3.8) is 0 Å². The summed E-state index contributed by atoms with van der Waals surface area (Å²) < 4.78 is 38.4. The number of rotatable bonds is 11. The van der Waals surface area contributed by atoms with Crippen LogP contribution in [0.15, 0.2) is 48.8 Å². The minimum Gasteiger partial charge on any atom is -0.464 e. The van der Waals surface area contributed by atoms with Gasteiger partial charge in [0.15, 0.2) is 11.4 Å². The molecule has 200 valence electrons. The Morgan fingerprint density at radius 3 is 2.84 bits per heavy atom. The topological polar surface area (TPSA) is 163 Å². The maximum atomic E-state index is 13.8. The Morgan fingerprint density at radius 2 is 2.11 bits per heavy atom. The van der Waals surface area contributed by atoms with Gasteiger partial charge in [0.25, 0.3) is 0 Å². The van der Waals surface area contributed by atoms with Crippen molar-refractivity contribution in [1.29, 1.82) is 5.26 Å². The summed E-state index contributed by atoms with van der Waals surface area (Å²) in [6.07, 6.45) is 3.74. The molecule has 4 atom stereocenters. The lowest BCUT2D eigenvalue weighted by Crippen LogP contribution is -2.38. The van der Waals surface area contributed by atoms with Crippen LogP contribution in [0, 0.1) is 17.2 Å². The number of nitrogens with one attached hydrogen (secondary N) is 1. The van der Waals surface area contributed by atoms with Crippen molar-refractivity contribution in [2.75, 3.05) is 18.9 Å². The van der Waals surface area contributed by atoms with E-state index >= 15 is 0 Å². The number of para-hydroxylation sites is 1. The van der Waals surface area contributed by atoms with Crippen LogP contribution in [0.4, 0.5) is 5.82 Å². The van der Waals surface area contributed by atoms with Crippen LogP contribution >= 0.6 is 7.75 Å². The van der Waals surface area contributed by atoms with Gasteiger partial charge in [0.1, 0.15) is 42.4 Å². The summed E-state index contributed by atoms with van der Waals surface area (Å²) in [6.45, 7) is 1.49. The van der Waals surface area contributed by atoms with Gasteiger partial charge in [-0.05, 0) is 62.8 Å². The third-order valence-corrected chi connectivity index (χ3v) is 8.15. The molecule has 13 heteroatoms. The van der Waals surface area contributed by atoms with E-state index < -0.39 is 31.5 Å². The molecule has 1 aliphatic carbocycles. The molecule has 2 aliphatic rings. The van der Waals surface area contributed by atoms with E-state index in [-0.39, 0.29) is 12.4 Å². The number of esters is 1. The maximum Gasteiger partial charge on any atom is 0.459 e. The van der Waals surface area contributed by atoms with Crippen LogP contribution in [-0.4, -0.2) is 45.4 Å². The number of nitrogens with zero attached hydrogens (tertiary/aromatic N) is 4. The van der Waals surface area contributed by atoms with Gasteiger partial charge in [0, 0.05) is 0 Å². The molecule has 2 aromatic heterocycles. The molecule has 0 amide bonds. The number of carbonyl (C=O) groups is 1. The number of aromatic nitrogens is 3. The SMILES string of the molecule is C[C@H](NP(=O)(OC[C@]1(C#N)CC[C@H](c2ccc3c(N)ncnn23)O1)Oc1ccccc1)C(=O)OCC1CC1. The van der Waals surface area contributed by atoms with Crippen molar-refractivity contribution < 1.29 is 27.9 Å². The average molecular weight is 541 g/mol. The fraction of sp³-hybridized carbons (Fsp3) is 0.440. The summed E-state index contributed by atoms with van der Waals surface area (Å²) in [5.41, 5.74) is 5.87. The fourth-order valence-corrected chi connectivity index (χ4v) is 5.74. The molecule has 1 saturated carbocycles. The van der Waals surface area contributed by atoms with Crippen LogP contribution in [0.25, 0.3) is 5.52 Å². The largest absolute Gasteiger partial charge is 0.464 e. The van der Waals surface area contributed by atoms with Crippen molar-refractivity contribution in [3.8, 4) is 11.8 Å². The number of benzene rings is 1. The molecule has 2 fully saturated rings.